The summed E-state index contributed by atoms with van der Waals surface area (Å²) in [5.74, 6) is -0.538. The van der Waals surface area contributed by atoms with Gasteiger partial charge in [-0.15, -0.1) is 11.3 Å². The Kier molecular flexibility index (Phi) is 8.16. The van der Waals surface area contributed by atoms with Crippen LogP contribution in [0.5, 0.6) is 5.75 Å². The minimum atomic E-state index is -4.37. The Morgan fingerprint density at radius 1 is 1.03 bits per heavy atom. The Morgan fingerprint density at radius 3 is 2.24 bits per heavy atom. The van der Waals surface area contributed by atoms with E-state index in [0.29, 0.717) is 17.2 Å². The normalized spacial score (nSPS) is 14.9. The van der Waals surface area contributed by atoms with Crippen LogP contribution in [0.15, 0.2) is 48.5 Å². The van der Waals surface area contributed by atoms with E-state index in [9.17, 15) is 22.8 Å². The number of benzene rings is 2. The second kappa shape index (κ2) is 11.2. The van der Waals surface area contributed by atoms with Crippen molar-refractivity contribution >= 4 is 23.2 Å². The van der Waals surface area contributed by atoms with Gasteiger partial charge in [-0.3, -0.25) is 9.59 Å². The molecule has 5 nitrogen and oxygen atoms in total. The number of thiophene rings is 1. The summed E-state index contributed by atoms with van der Waals surface area (Å²) < 4.78 is 45.2. The van der Waals surface area contributed by atoms with Crippen LogP contribution in [0.3, 0.4) is 0 Å². The first-order valence-corrected chi connectivity index (χ1v) is 13.3. The van der Waals surface area contributed by atoms with Gasteiger partial charge in [0.25, 0.3) is 5.91 Å². The molecule has 9 heteroatoms. The monoisotopic (exact) mass is 545 g/mol. The molecule has 0 radical (unpaired) electrons. The number of aryl methyl sites for hydroxylation is 2. The molecule has 2 N–H and O–H groups in total. The number of rotatable bonds is 9. The first-order chi connectivity index (χ1) is 18.0. The SMILES string of the molecule is Cc1cc(OCC2(c3ccc(C(=O)NCCC(=O)O)s3)CCCC2)cc(C)c1-c1ccc(C(F)(F)F)cc1. The lowest BCUT2D eigenvalue weighted by atomic mass is 9.85. The van der Waals surface area contributed by atoms with E-state index in [-0.39, 0.29) is 24.3 Å². The molecule has 3 aromatic rings. The Bertz CT molecular complexity index is 1290. The van der Waals surface area contributed by atoms with Gasteiger partial charge in [0.05, 0.1) is 23.5 Å². The molecule has 0 atom stereocenters. The van der Waals surface area contributed by atoms with E-state index in [4.69, 9.17) is 9.84 Å². The molecular weight excluding hydrogens is 515 g/mol. The smallest absolute Gasteiger partial charge is 0.416 e. The van der Waals surface area contributed by atoms with Crippen LogP contribution in [0.1, 0.15) is 63.3 Å². The molecule has 1 saturated carbocycles. The topological polar surface area (TPSA) is 75.6 Å². The quantitative estimate of drug-likeness (QED) is 0.300. The van der Waals surface area contributed by atoms with E-state index in [1.54, 1.807) is 6.07 Å². The molecule has 0 bridgehead atoms. The Balaban J connectivity index is 1.49. The fraction of sp³-hybridized carbons (Fsp3) is 0.379. The molecule has 1 aliphatic rings. The average Bonchev–Trinajstić information content (AvgIpc) is 3.53. The lowest BCUT2D eigenvalue weighted by molar-refractivity contribution is -0.138. The highest BCUT2D eigenvalue weighted by Gasteiger charge is 2.38. The predicted octanol–water partition coefficient (Wildman–Crippen LogP) is 7.15. The second-order valence-corrected chi connectivity index (χ2v) is 10.9. The van der Waals surface area contributed by atoms with Crippen molar-refractivity contribution in [2.75, 3.05) is 13.2 Å². The number of halogens is 3. The summed E-state index contributed by atoms with van der Waals surface area (Å²) in [6.07, 6.45) is -0.495. The highest BCUT2D eigenvalue weighted by atomic mass is 32.1. The minimum absolute atomic E-state index is 0.0802. The van der Waals surface area contributed by atoms with Crippen molar-refractivity contribution < 1.29 is 32.6 Å². The van der Waals surface area contributed by atoms with E-state index in [2.05, 4.69) is 5.32 Å². The second-order valence-electron chi connectivity index (χ2n) is 9.85. The van der Waals surface area contributed by atoms with E-state index >= 15 is 0 Å². The summed E-state index contributed by atoms with van der Waals surface area (Å²) >= 11 is 1.42. The maximum atomic E-state index is 13.0. The third-order valence-electron chi connectivity index (χ3n) is 7.06. The van der Waals surface area contributed by atoms with Crippen LogP contribution in [-0.2, 0) is 16.4 Å². The van der Waals surface area contributed by atoms with Gasteiger partial charge in [0.15, 0.2) is 0 Å². The van der Waals surface area contributed by atoms with E-state index in [0.717, 1.165) is 64.9 Å². The van der Waals surface area contributed by atoms with Crippen molar-refractivity contribution in [2.45, 2.75) is 57.5 Å². The van der Waals surface area contributed by atoms with Crippen molar-refractivity contribution in [2.24, 2.45) is 0 Å². The molecule has 38 heavy (non-hydrogen) atoms. The van der Waals surface area contributed by atoms with E-state index in [1.807, 2.05) is 32.0 Å². The highest BCUT2D eigenvalue weighted by molar-refractivity contribution is 7.14. The van der Waals surface area contributed by atoms with Crippen LogP contribution >= 0.6 is 11.3 Å². The number of hydrogen-bond donors (Lipinski definition) is 2. The number of carboxylic acids is 1. The first kappa shape index (κ1) is 27.7. The van der Waals surface area contributed by atoms with Gasteiger partial charge in [-0.05, 0) is 85.3 Å². The summed E-state index contributed by atoms with van der Waals surface area (Å²) in [6.45, 7) is 4.38. The number of ether oxygens (including phenoxy) is 1. The number of carbonyl (C=O) groups is 2. The molecule has 0 aliphatic heterocycles. The molecule has 202 valence electrons. The van der Waals surface area contributed by atoms with Gasteiger partial charge in [0.1, 0.15) is 5.75 Å². The third-order valence-corrected chi connectivity index (χ3v) is 8.39. The van der Waals surface area contributed by atoms with Crippen molar-refractivity contribution in [3.05, 3.63) is 75.0 Å². The molecule has 2 aromatic carbocycles. The largest absolute Gasteiger partial charge is 0.493 e. The minimum Gasteiger partial charge on any atom is -0.493 e. The molecule has 0 unspecified atom stereocenters. The van der Waals surface area contributed by atoms with Gasteiger partial charge in [0, 0.05) is 16.8 Å². The molecule has 1 fully saturated rings. The standard InChI is InChI=1S/C29H30F3NO4S/c1-18-15-22(16-19(2)26(18)20-5-7-21(8-6-20)29(30,31)32)37-17-28(12-3-4-13-28)24-10-9-23(38-24)27(36)33-14-11-25(34)35/h5-10,15-16H,3-4,11-14,17H2,1-2H3,(H,33,36)(H,34,35). The summed E-state index contributed by atoms with van der Waals surface area (Å²) in [5, 5.41) is 11.4. The molecule has 1 amide bonds. The van der Waals surface area contributed by atoms with Crippen LogP contribution in [0.2, 0.25) is 0 Å². The molecule has 4 rings (SSSR count). The zero-order valence-corrected chi connectivity index (χ0v) is 22.1. The number of carboxylic acid groups (broad SMARTS) is 1. The van der Waals surface area contributed by atoms with E-state index in [1.165, 1.54) is 23.5 Å². The zero-order valence-electron chi connectivity index (χ0n) is 21.3. The molecule has 1 aromatic heterocycles. The van der Waals surface area contributed by atoms with Crippen molar-refractivity contribution in [3.8, 4) is 16.9 Å². The first-order valence-electron chi connectivity index (χ1n) is 12.5. The number of carbonyl (C=O) groups excluding carboxylic acids is 1. The Labute approximate surface area is 223 Å². The maximum Gasteiger partial charge on any atom is 0.416 e. The number of hydrogen-bond acceptors (Lipinski definition) is 4. The predicted molar refractivity (Wildman–Crippen MR) is 141 cm³/mol. The summed E-state index contributed by atoms with van der Waals surface area (Å²) in [5.41, 5.74) is 2.55. The third kappa shape index (κ3) is 6.20. The van der Waals surface area contributed by atoms with Crippen molar-refractivity contribution in [1.82, 2.24) is 5.32 Å². The Hall–Kier alpha value is -3.33. The van der Waals surface area contributed by atoms with Crippen LogP contribution in [0.4, 0.5) is 13.2 Å². The van der Waals surface area contributed by atoms with E-state index < -0.39 is 17.7 Å². The van der Waals surface area contributed by atoms with Crippen LogP contribution in [0.25, 0.3) is 11.1 Å². The fourth-order valence-electron chi connectivity index (χ4n) is 5.14. The lowest BCUT2D eigenvalue weighted by Gasteiger charge is -2.28. The van der Waals surface area contributed by atoms with Crippen molar-refractivity contribution in [3.63, 3.8) is 0 Å². The van der Waals surface area contributed by atoms with Crippen molar-refractivity contribution in [1.29, 1.82) is 0 Å². The van der Waals surface area contributed by atoms with Gasteiger partial charge < -0.3 is 15.2 Å². The summed E-state index contributed by atoms with van der Waals surface area (Å²) in [7, 11) is 0. The molecule has 1 heterocycles. The number of aliphatic carboxylic acids is 1. The summed E-state index contributed by atoms with van der Waals surface area (Å²) in [6, 6.07) is 12.8. The number of alkyl halides is 3. The van der Waals surface area contributed by atoms with Crippen LogP contribution < -0.4 is 10.1 Å². The Morgan fingerprint density at radius 2 is 1.66 bits per heavy atom. The van der Waals surface area contributed by atoms with Gasteiger partial charge in [-0.25, -0.2) is 0 Å². The molecule has 0 spiro atoms. The van der Waals surface area contributed by atoms with Crippen LogP contribution in [-0.4, -0.2) is 30.1 Å². The van der Waals surface area contributed by atoms with Gasteiger partial charge in [-0.2, -0.15) is 13.2 Å². The molecule has 0 saturated heterocycles. The molecular formula is C29H30F3NO4S. The average molecular weight is 546 g/mol. The fourth-order valence-corrected chi connectivity index (χ4v) is 6.29. The highest BCUT2D eigenvalue weighted by Crippen LogP contribution is 2.44. The molecule has 1 aliphatic carbocycles. The zero-order chi connectivity index (χ0) is 27.5. The van der Waals surface area contributed by atoms with Gasteiger partial charge in [0.2, 0.25) is 0 Å². The van der Waals surface area contributed by atoms with Crippen LogP contribution in [0, 0.1) is 13.8 Å². The number of nitrogens with one attached hydrogen (secondary N) is 1. The maximum absolute atomic E-state index is 13.0. The lowest BCUT2D eigenvalue weighted by Crippen LogP contribution is -2.29. The van der Waals surface area contributed by atoms with Gasteiger partial charge in [-0.1, -0.05) is 25.0 Å². The van der Waals surface area contributed by atoms with Gasteiger partial charge >= 0.3 is 12.1 Å². The number of amides is 1. The summed E-state index contributed by atoms with van der Waals surface area (Å²) in [4.78, 5) is 24.8.